The molecule has 0 amide bonds. The average Bonchev–Trinajstić information content (AvgIpc) is 2.15. The van der Waals surface area contributed by atoms with Crippen molar-refractivity contribution in [2.24, 2.45) is 5.92 Å². The molecule has 14 heavy (non-hydrogen) atoms. The van der Waals surface area contributed by atoms with E-state index in [2.05, 4.69) is 9.47 Å². The van der Waals surface area contributed by atoms with Gasteiger partial charge in [-0.25, -0.2) is 9.59 Å². The molecular formula is C10H16O4. The molecule has 0 bridgehead atoms. The van der Waals surface area contributed by atoms with Crippen molar-refractivity contribution in [3.63, 3.8) is 0 Å². The summed E-state index contributed by atoms with van der Waals surface area (Å²) in [7, 11) is 2.57. The predicted molar refractivity (Wildman–Crippen MR) is 51.6 cm³/mol. The molecule has 0 aromatic heterocycles. The molecule has 0 N–H and O–H groups in total. The second-order valence-corrected chi connectivity index (χ2v) is 3.18. The Balaban J connectivity index is 5.15. The van der Waals surface area contributed by atoms with E-state index in [9.17, 15) is 9.59 Å². The van der Waals surface area contributed by atoms with E-state index >= 15 is 0 Å². The molecule has 0 saturated heterocycles. The highest BCUT2D eigenvalue weighted by atomic mass is 16.5. The first kappa shape index (κ1) is 12.7. The summed E-state index contributed by atoms with van der Waals surface area (Å²) in [5.41, 5.74) is 0.661. The van der Waals surface area contributed by atoms with Crippen molar-refractivity contribution in [1.29, 1.82) is 0 Å². The molecule has 4 nitrogen and oxygen atoms in total. The fourth-order valence-electron chi connectivity index (χ4n) is 1.19. The first-order chi connectivity index (χ1) is 6.45. The normalized spacial score (nSPS) is 12.1. The highest BCUT2D eigenvalue weighted by Crippen LogP contribution is 2.17. The van der Waals surface area contributed by atoms with Crippen LogP contribution in [0.2, 0.25) is 0 Å². The predicted octanol–water partition coefficient (Wildman–Crippen LogP) is 1.30. The van der Waals surface area contributed by atoms with Gasteiger partial charge in [0.2, 0.25) is 0 Å². The number of hydrogen-bond acceptors (Lipinski definition) is 4. The summed E-state index contributed by atoms with van der Waals surface area (Å²) in [5.74, 6) is -1.05. The van der Waals surface area contributed by atoms with Crippen LogP contribution in [0.3, 0.4) is 0 Å². The summed E-state index contributed by atoms with van der Waals surface area (Å²) in [5, 5.41) is 0. The van der Waals surface area contributed by atoms with E-state index in [1.165, 1.54) is 14.2 Å². The van der Waals surface area contributed by atoms with Gasteiger partial charge in [-0.2, -0.15) is 0 Å². The Morgan fingerprint density at radius 1 is 1.00 bits per heavy atom. The molecule has 0 radical (unpaired) electrons. The Morgan fingerprint density at radius 2 is 1.43 bits per heavy atom. The maximum Gasteiger partial charge on any atom is 0.334 e. The molecule has 0 aliphatic rings. The van der Waals surface area contributed by atoms with Crippen molar-refractivity contribution in [2.75, 3.05) is 14.2 Å². The standard InChI is InChI=1S/C10H16O4/c1-6(2)8(10(12)14-5)7(3)9(11)13-4/h6H,1-5H3. The summed E-state index contributed by atoms with van der Waals surface area (Å²) in [6.45, 7) is 5.19. The molecule has 80 valence electrons. The van der Waals surface area contributed by atoms with E-state index in [1.807, 2.05) is 13.8 Å². The summed E-state index contributed by atoms with van der Waals surface area (Å²) in [4.78, 5) is 22.5. The quantitative estimate of drug-likeness (QED) is 0.509. The van der Waals surface area contributed by atoms with Crippen LogP contribution in [0.1, 0.15) is 20.8 Å². The van der Waals surface area contributed by atoms with Crippen LogP contribution in [0.5, 0.6) is 0 Å². The third-order valence-corrected chi connectivity index (χ3v) is 1.88. The lowest BCUT2D eigenvalue weighted by Gasteiger charge is -2.11. The summed E-state index contributed by atoms with van der Waals surface area (Å²) in [6, 6.07) is 0. The van der Waals surface area contributed by atoms with Gasteiger partial charge in [-0.05, 0) is 12.8 Å². The number of methoxy groups -OCH3 is 2. The molecule has 0 atom stereocenters. The topological polar surface area (TPSA) is 52.6 Å². The van der Waals surface area contributed by atoms with Crippen molar-refractivity contribution in [3.8, 4) is 0 Å². The minimum absolute atomic E-state index is 0.0680. The van der Waals surface area contributed by atoms with Gasteiger partial charge < -0.3 is 9.47 Å². The smallest absolute Gasteiger partial charge is 0.334 e. The van der Waals surface area contributed by atoms with Gasteiger partial charge in [-0.15, -0.1) is 0 Å². The van der Waals surface area contributed by atoms with Crippen molar-refractivity contribution >= 4 is 11.9 Å². The van der Waals surface area contributed by atoms with Gasteiger partial charge in [0.25, 0.3) is 0 Å². The number of carbonyl (C=O) groups is 2. The van der Waals surface area contributed by atoms with Crippen molar-refractivity contribution in [1.82, 2.24) is 0 Å². The molecule has 0 fully saturated rings. The van der Waals surface area contributed by atoms with Crippen LogP contribution in [0.4, 0.5) is 0 Å². The summed E-state index contributed by atoms with van der Waals surface area (Å²) < 4.78 is 9.12. The van der Waals surface area contributed by atoms with E-state index in [1.54, 1.807) is 6.92 Å². The molecule has 0 aliphatic heterocycles. The number of carbonyl (C=O) groups excluding carboxylic acids is 2. The maximum absolute atomic E-state index is 11.3. The maximum atomic E-state index is 11.3. The number of hydrogen-bond donors (Lipinski definition) is 0. The van der Waals surface area contributed by atoms with Gasteiger partial charge in [0.05, 0.1) is 14.2 Å². The molecular weight excluding hydrogens is 184 g/mol. The van der Waals surface area contributed by atoms with Crippen LogP contribution in [-0.4, -0.2) is 26.2 Å². The molecule has 0 rings (SSSR count). The third-order valence-electron chi connectivity index (χ3n) is 1.88. The van der Waals surface area contributed by atoms with E-state index in [4.69, 9.17) is 0 Å². The largest absolute Gasteiger partial charge is 0.466 e. The molecule has 0 unspecified atom stereocenters. The van der Waals surface area contributed by atoms with Gasteiger partial charge in [0, 0.05) is 11.1 Å². The molecule has 0 spiro atoms. The van der Waals surface area contributed by atoms with Crippen LogP contribution < -0.4 is 0 Å². The molecule has 0 heterocycles. The number of esters is 2. The van der Waals surface area contributed by atoms with Crippen LogP contribution in [0.15, 0.2) is 11.1 Å². The lowest BCUT2D eigenvalue weighted by Crippen LogP contribution is -2.16. The van der Waals surface area contributed by atoms with Gasteiger partial charge >= 0.3 is 11.9 Å². The van der Waals surface area contributed by atoms with E-state index in [0.29, 0.717) is 11.1 Å². The van der Waals surface area contributed by atoms with Gasteiger partial charge in [0.1, 0.15) is 0 Å². The van der Waals surface area contributed by atoms with Gasteiger partial charge in [-0.3, -0.25) is 0 Å². The molecule has 4 heteroatoms. The SMILES string of the molecule is COC(=O)C(C)=C(C(=O)OC)C(C)C. The fourth-order valence-corrected chi connectivity index (χ4v) is 1.19. The van der Waals surface area contributed by atoms with E-state index in [-0.39, 0.29) is 5.92 Å². The zero-order chi connectivity index (χ0) is 11.3. The summed E-state index contributed by atoms with van der Waals surface area (Å²) >= 11 is 0. The number of ether oxygens (including phenoxy) is 2. The van der Waals surface area contributed by atoms with Gasteiger partial charge in [-0.1, -0.05) is 13.8 Å². The lowest BCUT2D eigenvalue weighted by atomic mass is 9.98. The number of rotatable bonds is 3. The Labute approximate surface area is 83.9 Å². The monoisotopic (exact) mass is 200 g/mol. The van der Waals surface area contributed by atoms with Crippen molar-refractivity contribution in [3.05, 3.63) is 11.1 Å². The van der Waals surface area contributed by atoms with Gasteiger partial charge in [0.15, 0.2) is 0 Å². The minimum atomic E-state index is -0.501. The van der Waals surface area contributed by atoms with Crippen LogP contribution in [-0.2, 0) is 19.1 Å². The van der Waals surface area contributed by atoms with Crippen molar-refractivity contribution < 1.29 is 19.1 Å². The molecule has 0 aromatic rings. The zero-order valence-electron chi connectivity index (χ0n) is 9.21. The molecule has 0 aliphatic carbocycles. The zero-order valence-corrected chi connectivity index (χ0v) is 9.21. The Bertz CT molecular complexity index is 263. The Morgan fingerprint density at radius 3 is 1.71 bits per heavy atom. The molecule has 0 saturated carbocycles. The minimum Gasteiger partial charge on any atom is -0.466 e. The third kappa shape index (κ3) is 2.87. The second kappa shape index (κ2) is 5.42. The Kier molecular flexibility index (Phi) is 4.91. The van der Waals surface area contributed by atoms with Crippen LogP contribution in [0, 0.1) is 5.92 Å². The van der Waals surface area contributed by atoms with E-state index in [0.717, 1.165) is 0 Å². The first-order valence-electron chi connectivity index (χ1n) is 4.33. The first-order valence-corrected chi connectivity index (χ1v) is 4.33. The van der Waals surface area contributed by atoms with Crippen LogP contribution in [0.25, 0.3) is 0 Å². The molecule has 0 aromatic carbocycles. The van der Waals surface area contributed by atoms with E-state index < -0.39 is 11.9 Å². The average molecular weight is 200 g/mol. The fraction of sp³-hybridized carbons (Fsp3) is 0.600. The highest BCUT2D eigenvalue weighted by Gasteiger charge is 2.21. The summed E-state index contributed by atoms with van der Waals surface area (Å²) in [6.07, 6.45) is 0. The van der Waals surface area contributed by atoms with Crippen LogP contribution >= 0.6 is 0 Å². The Hall–Kier alpha value is -1.32. The highest BCUT2D eigenvalue weighted by molar-refractivity contribution is 6.00. The lowest BCUT2D eigenvalue weighted by molar-refractivity contribution is -0.139. The second-order valence-electron chi connectivity index (χ2n) is 3.18. The van der Waals surface area contributed by atoms with Crippen molar-refractivity contribution in [2.45, 2.75) is 20.8 Å².